The first kappa shape index (κ1) is 26.4. The minimum Gasteiger partial charge on any atom is -0.464 e. The van der Waals surface area contributed by atoms with Crippen molar-refractivity contribution >= 4 is 33.9 Å². The van der Waals surface area contributed by atoms with Crippen LogP contribution in [0, 0.1) is 6.92 Å². The standard InChI is InChI=1S/C18H20F6N4O4S/c1-9-10(7-25-28(15(31)32)16(2,3)4)33-13-11(9)12(29)27(8-18(22,23)24)14(30)26(13)6-5-17(19,20)21/h7H,5-6,8H2,1-4H3,(H,31,32). The maximum Gasteiger partial charge on any atom is 0.428 e. The Morgan fingerprint density at radius 3 is 2.12 bits per heavy atom. The number of fused-ring (bicyclic) bond motifs is 1. The number of hydrogen-bond donors (Lipinski definition) is 1. The van der Waals surface area contributed by atoms with Crippen LogP contribution in [-0.4, -0.2) is 49.4 Å². The van der Waals surface area contributed by atoms with Crippen LogP contribution in [0.4, 0.5) is 31.1 Å². The van der Waals surface area contributed by atoms with Crippen molar-refractivity contribution in [3.05, 3.63) is 31.3 Å². The van der Waals surface area contributed by atoms with E-state index in [9.17, 15) is 45.8 Å². The van der Waals surface area contributed by atoms with E-state index in [2.05, 4.69) is 5.10 Å². The second kappa shape index (κ2) is 8.83. The summed E-state index contributed by atoms with van der Waals surface area (Å²) < 4.78 is 77.4. The lowest BCUT2D eigenvalue weighted by atomic mass is 10.1. The fourth-order valence-corrected chi connectivity index (χ4v) is 4.09. The van der Waals surface area contributed by atoms with E-state index >= 15 is 0 Å². The topological polar surface area (TPSA) is 96.9 Å². The summed E-state index contributed by atoms with van der Waals surface area (Å²) >= 11 is 0.653. The number of thiophene rings is 1. The average molecular weight is 502 g/mol. The van der Waals surface area contributed by atoms with Crippen molar-refractivity contribution in [3.63, 3.8) is 0 Å². The van der Waals surface area contributed by atoms with Gasteiger partial charge >= 0.3 is 24.1 Å². The SMILES string of the molecule is Cc1c(C=NN(C(=O)O)C(C)(C)C)sc2c1c(=O)n(CC(F)(F)F)c(=O)n2CCC(F)(F)F. The molecule has 0 saturated heterocycles. The number of hydrazone groups is 1. The van der Waals surface area contributed by atoms with Crippen molar-refractivity contribution in [3.8, 4) is 0 Å². The Morgan fingerprint density at radius 1 is 1.09 bits per heavy atom. The van der Waals surface area contributed by atoms with Gasteiger partial charge in [0, 0.05) is 6.54 Å². The largest absolute Gasteiger partial charge is 0.464 e. The molecule has 0 spiro atoms. The van der Waals surface area contributed by atoms with Gasteiger partial charge in [0.15, 0.2) is 0 Å². The first-order valence-electron chi connectivity index (χ1n) is 9.31. The van der Waals surface area contributed by atoms with Crippen LogP contribution in [0.3, 0.4) is 0 Å². The lowest BCUT2D eigenvalue weighted by Crippen LogP contribution is -2.43. The molecule has 0 unspecified atom stereocenters. The summed E-state index contributed by atoms with van der Waals surface area (Å²) in [6, 6.07) is 0. The molecule has 2 aromatic heterocycles. The maximum atomic E-state index is 12.9. The molecule has 184 valence electrons. The molecular weight excluding hydrogens is 482 g/mol. The van der Waals surface area contributed by atoms with E-state index in [1.165, 1.54) is 6.92 Å². The van der Waals surface area contributed by atoms with Crippen molar-refractivity contribution < 1.29 is 36.2 Å². The number of rotatable bonds is 5. The Bertz CT molecular complexity index is 1200. The number of carbonyl (C=O) groups is 1. The van der Waals surface area contributed by atoms with Gasteiger partial charge in [-0.3, -0.25) is 13.9 Å². The third kappa shape index (κ3) is 6.15. The molecular formula is C18H20F6N4O4S. The summed E-state index contributed by atoms with van der Waals surface area (Å²) in [5, 5.41) is 13.5. The molecule has 2 aromatic rings. The summed E-state index contributed by atoms with van der Waals surface area (Å²) in [4.78, 5) is 36.5. The maximum absolute atomic E-state index is 12.9. The van der Waals surface area contributed by atoms with E-state index in [4.69, 9.17) is 0 Å². The summed E-state index contributed by atoms with van der Waals surface area (Å²) in [6.07, 6.45) is -11.6. The molecule has 0 radical (unpaired) electrons. The molecule has 0 bridgehead atoms. The van der Waals surface area contributed by atoms with E-state index in [0.29, 0.717) is 20.9 Å². The molecule has 0 aliphatic rings. The molecule has 0 aromatic carbocycles. The van der Waals surface area contributed by atoms with Crippen molar-refractivity contribution in [2.24, 2.45) is 5.10 Å². The zero-order valence-electron chi connectivity index (χ0n) is 17.8. The summed E-state index contributed by atoms with van der Waals surface area (Å²) in [5.74, 6) is 0. The number of halogens is 6. The zero-order valence-corrected chi connectivity index (χ0v) is 18.7. The van der Waals surface area contributed by atoms with Gasteiger partial charge in [0.05, 0.1) is 28.4 Å². The van der Waals surface area contributed by atoms with E-state index < -0.39 is 54.7 Å². The van der Waals surface area contributed by atoms with Gasteiger partial charge < -0.3 is 5.11 Å². The Morgan fingerprint density at radius 2 is 1.67 bits per heavy atom. The predicted molar refractivity (Wildman–Crippen MR) is 109 cm³/mol. The highest BCUT2D eigenvalue weighted by Crippen LogP contribution is 2.29. The fraction of sp³-hybridized carbons (Fsp3) is 0.556. The Hall–Kier alpha value is -2.84. The van der Waals surface area contributed by atoms with Crippen LogP contribution in [0.2, 0.25) is 0 Å². The Balaban J connectivity index is 2.78. The van der Waals surface area contributed by atoms with E-state index in [1.807, 2.05) is 0 Å². The molecule has 0 aliphatic heterocycles. The molecule has 8 nitrogen and oxygen atoms in total. The van der Waals surface area contributed by atoms with Crippen LogP contribution in [0.1, 0.15) is 37.6 Å². The molecule has 0 atom stereocenters. The van der Waals surface area contributed by atoms with Crippen LogP contribution in [-0.2, 0) is 13.1 Å². The molecule has 15 heteroatoms. The first-order chi connectivity index (χ1) is 14.8. The molecule has 2 rings (SSSR count). The number of nitrogens with zero attached hydrogens (tertiary/aromatic N) is 4. The van der Waals surface area contributed by atoms with Crippen molar-refractivity contribution in [1.29, 1.82) is 0 Å². The number of carboxylic acid groups (broad SMARTS) is 1. The third-order valence-electron chi connectivity index (χ3n) is 4.39. The average Bonchev–Trinajstić information content (AvgIpc) is 2.92. The lowest BCUT2D eigenvalue weighted by Gasteiger charge is -2.27. The van der Waals surface area contributed by atoms with Crippen molar-refractivity contribution in [2.75, 3.05) is 0 Å². The number of amides is 1. The van der Waals surface area contributed by atoms with Crippen LogP contribution >= 0.6 is 11.3 Å². The summed E-state index contributed by atoms with van der Waals surface area (Å²) in [6.45, 7) is 2.97. The molecule has 0 saturated carbocycles. The quantitative estimate of drug-likeness (QED) is 0.377. The van der Waals surface area contributed by atoms with Gasteiger partial charge in [-0.1, -0.05) is 0 Å². The van der Waals surface area contributed by atoms with Gasteiger partial charge in [-0.05, 0) is 33.3 Å². The number of alkyl halides is 6. The first-order valence-corrected chi connectivity index (χ1v) is 10.1. The molecule has 33 heavy (non-hydrogen) atoms. The molecule has 1 N–H and O–H groups in total. The minimum atomic E-state index is -4.97. The van der Waals surface area contributed by atoms with Gasteiger partial charge in [0.1, 0.15) is 11.4 Å². The van der Waals surface area contributed by atoms with Crippen molar-refractivity contribution in [2.45, 2.75) is 65.1 Å². The van der Waals surface area contributed by atoms with Crippen LogP contribution in [0.25, 0.3) is 10.2 Å². The van der Waals surface area contributed by atoms with E-state index in [-0.39, 0.29) is 25.2 Å². The van der Waals surface area contributed by atoms with E-state index in [1.54, 1.807) is 20.8 Å². The van der Waals surface area contributed by atoms with Gasteiger partial charge in [0.2, 0.25) is 0 Å². The van der Waals surface area contributed by atoms with Gasteiger partial charge in [-0.25, -0.2) is 9.59 Å². The van der Waals surface area contributed by atoms with Gasteiger partial charge in [0.25, 0.3) is 5.56 Å². The fourth-order valence-electron chi connectivity index (χ4n) is 2.91. The second-order valence-corrected chi connectivity index (χ2v) is 9.12. The van der Waals surface area contributed by atoms with Crippen molar-refractivity contribution in [1.82, 2.24) is 14.1 Å². The Labute approximate surface area is 186 Å². The third-order valence-corrected chi connectivity index (χ3v) is 5.64. The summed E-state index contributed by atoms with van der Waals surface area (Å²) in [5.41, 5.74) is -3.75. The van der Waals surface area contributed by atoms with Gasteiger partial charge in [-0.2, -0.15) is 36.5 Å². The normalized spacial score (nSPS) is 13.3. The summed E-state index contributed by atoms with van der Waals surface area (Å²) in [7, 11) is 0. The van der Waals surface area contributed by atoms with Crippen LogP contribution in [0.5, 0.6) is 0 Å². The highest BCUT2D eigenvalue weighted by Gasteiger charge is 2.33. The second-order valence-electron chi connectivity index (χ2n) is 8.09. The predicted octanol–water partition coefficient (Wildman–Crippen LogP) is 4.16. The molecule has 0 aliphatic carbocycles. The van der Waals surface area contributed by atoms with Crippen LogP contribution in [0.15, 0.2) is 14.7 Å². The van der Waals surface area contributed by atoms with Gasteiger partial charge in [-0.15, -0.1) is 11.3 Å². The Kier molecular flexibility index (Phi) is 7.07. The smallest absolute Gasteiger partial charge is 0.428 e. The lowest BCUT2D eigenvalue weighted by molar-refractivity contribution is -0.143. The minimum absolute atomic E-state index is 0.0553. The van der Waals surface area contributed by atoms with Crippen LogP contribution < -0.4 is 11.2 Å². The van der Waals surface area contributed by atoms with E-state index in [0.717, 1.165) is 6.21 Å². The zero-order chi connectivity index (χ0) is 25.5. The monoisotopic (exact) mass is 502 g/mol. The molecule has 1 amide bonds. The number of aromatic nitrogens is 2. The molecule has 2 heterocycles. The highest BCUT2D eigenvalue weighted by molar-refractivity contribution is 7.20. The molecule has 0 fully saturated rings. The number of aryl methyl sites for hydroxylation is 2. The highest BCUT2D eigenvalue weighted by atomic mass is 32.1. The number of hydrogen-bond acceptors (Lipinski definition) is 5.